The van der Waals surface area contributed by atoms with Crippen LogP contribution in [0.5, 0.6) is 0 Å². The molecule has 0 aromatic heterocycles. The van der Waals surface area contributed by atoms with E-state index in [-0.39, 0.29) is 17.7 Å². The SMILES string of the molecule is CC[C@@H](Nc1cc(F)c(C(=O)OC(C)(C)C)cc1C)C(F)(F)F. The topological polar surface area (TPSA) is 38.3 Å². The predicted molar refractivity (Wildman–Crippen MR) is 80.1 cm³/mol. The Balaban J connectivity index is 3.08. The maximum atomic E-state index is 14.1. The number of carbonyl (C=O) groups excluding carboxylic acids is 1. The first-order valence-corrected chi connectivity index (χ1v) is 7.22. The van der Waals surface area contributed by atoms with Gasteiger partial charge in [0.05, 0.1) is 5.56 Å². The number of benzene rings is 1. The van der Waals surface area contributed by atoms with Gasteiger partial charge in [0.25, 0.3) is 0 Å². The average Bonchev–Trinajstić information content (AvgIpc) is 2.35. The van der Waals surface area contributed by atoms with Crippen LogP contribution in [-0.4, -0.2) is 23.8 Å². The van der Waals surface area contributed by atoms with E-state index in [1.54, 1.807) is 20.8 Å². The monoisotopic (exact) mass is 335 g/mol. The Morgan fingerprint density at radius 3 is 2.26 bits per heavy atom. The van der Waals surface area contributed by atoms with Crippen LogP contribution in [-0.2, 0) is 4.74 Å². The highest BCUT2D eigenvalue weighted by Gasteiger charge is 2.38. The number of hydrogen-bond donors (Lipinski definition) is 1. The number of ether oxygens (including phenoxy) is 1. The van der Waals surface area contributed by atoms with Gasteiger partial charge in [-0.2, -0.15) is 13.2 Å². The standard InChI is InChI=1S/C16H21F4NO2/c1-6-13(16(18,19)20)21-12-8-11(17)10(7-9(12)2)14(22)23-15(3,4)5/h7-8,13,21H,6H2,1-5H3/t13-/m1/s1. The van der Waals surface area contributed by atoms with Crippen molar-refractivity contribution in [3.8, 4) is 0 Å². The molecule has 0 fully saturated rings. The molecule has 23 heavy (non-hydrogen) atoms. The fraction of sp³-hybridized carbons (Fsp3) is 0.562. The van der Waals surface area contributed by atoms with Gasteiger partial charge in [0.15, 0.2) is 0 Å². The Bertz CT molecular complexity index is 577. The normalized spacial score (nSPS) is 13.6. The van der Waals surface area contributed by atoms with E-state index >= 15 is 0 Å². The van der Waals surface area contributed by atoms with E-state index in [0.717, 1.165) is 6.07 Å². The predicted octanol–water partition coefficient (Wildman–Crippen LogP) is 4.84. The maximum absolute atomic E-state index is 14.1. The number of carbonyl (C=O) groups is 1. The van der Waals surface area contributed by atoms with Gasteiger partial charge in [-0.3, -0.25) is 0 Å². The van der Waals surface area contributed by atoms with Gasteiger partial charge in [0, 0.05) is 5.69 Å². The van der Waals surface area contributed by atoms with Crippen LogP contribution in [0.15, 0.2) is 12.1 Å². The van der Waals surface area contributed by atoms with Gasteiger partial charge in [0.2, 0.25) is 0 Å². The minimum absolute atomic E-state index is 0.000941. The van der Waals surface area contributed by atoms with E-state index in [4.69, 9.17) is 4.74 Å². The van der Waals surface area contributed by atoms with Crippen molar-refractivity contribution in [1.82, 2.24) is 0 Å². The molecule has 1 aromatic rings. The lowest BCUT2D eigenvalue weighted by molar-refractivity contribution is -0.142. The average molecular weight is 335 g/mol. The molecule has 130 valence electrons. The zero-order chi connectivity index (χ0) is 18.0. The summed E-state index contributed by atoms with van der Waals surface area (Å²) in [5.74, 6) is -1.78. The summed E-state index contributed by atoms with van der Waals surface area (Å²) in [4.78, 5) is 11.9. The van der Waals surface area contributed by atoms with Gasteiger partial charge < -0.3 is 10.1 Å². The minimum atomic E-state index is -4.44. The van der Waals surface area contributed by atoms with E-state index in [9.17, 15) is 22.4 Å². The Labute approximate surface area is 133 Å². The lowest BCUT2D eigenvalue weighted by Gasteiger charge is -2.23. The molecule has 0 amide bonds. The molecule has 7 heteroatoms. The first-order chi connectivity index (χ1) is 10.3. The third-order valence-electron chi connectivity index (χ3n) is 3.07. The number of alkyl halides is 3. The van der Waals surface area contributed by atoms with E-state index in [1.807, 2.05) is 0 Å². The summed E-state index contributed by atoms with van der Waals surface area (Å²) in [5.41, 5.74) is -0.769. The highest BCUT2D eigenvalue weighted by atomic mass is 19.4. The largest absolute Gasteiger partial charge is 0.456 e. The Hall–Kier alpha value is -1.79. The Morgan fingerprint density at radius 1 is 1.26 bits per heavy atom. The van der Waals surface area contributed by atoms with Gasteiger partial charge in [-0.1, -0.05) is 6.92 Å². The molecular formula is C16H21F4NO2. The molecule has 1 aromatic carbocycles. The number of rotatable bonds is 4. The second-order valence-electron chi connectivity index (χ2n) is 6.30. The molecule has 0 saturated heterocycles. The summed E-state index contributed by atoms with van der Waals surface area (Å²) in [6, 6.07) is 0.297. The highest BCUT2D eigenvalue weighted by Crippen LogP contribution is 2.29. The smallest absolute Gasteiger partial charge is 0.408 e. The van der Waals surface area contributed by atoms with Gasteiger partial charge in [-0.25, -0.2) is 9.18 Å². The van der Waals surface area contributed by atoms with Crippen molar-refractivity contribution in [2.24, 2.45) is 0 Å². The lowest BCUT2D eigenvalue weighted by atomic mass is 10.1. The van der Waals surface area contributed by atoms with Crippen LogP contribution in [0.2, 0.25) is 0 Å². The van der Waals surface area contributed by atoms with Crippen LogP contribution in [0.25, 0.3) is 0 Å². The summed E-state index contributed by atoms with van der Waals surface area (Å²) in [7, 11) is 0. The molecule has 1 rings (SSSR count). The van der Waals surface area contributed by atoms with Gasteiger partial charge in [-0.05, 0) is 51.8 Å². The molecule has 0 heterocycles. The van der Waals surface area contributed by atoms with Crippen molar-refractivity contribution in [3.05, 3.63) is 29.1 Å². The number of anilines is 1. The summed E-state index contributed by atoms with van der Waals surface area (Å²) >= 11 is 0. The van der Waals surface area contributed by atoms with Gasteiger partial charge in [0.1, 0.15) is 17.5 Å². The Kier molecular flexibility index (Phi) is 5.66. The number of nitrogens with one attached hydrogen (secondary N) is 1. The van der Waals surface area contributed by atoms with Crippen LogP contribution in [0.4, 0.5) is 23.2 Å². The first kappa shape index (κ1) is 19.3. The second kappa shape index (κ2) is 6.76. The summed E-state index contributed by atoms with van der Waals surface area (Å²) < 4.78 is 57.6. The maximum Gasteiger partial charge on any atom is 0.408 e. The molecule has 0 aliphatic heterocycles. The second-order valence-corrected chi connectivity index (χ2v) is 6.30. The molecule has 0 radical (unpaired) electrons. The first-order valence-electron chi connectivity index (χ1n) is 7.22. The summed E-state index contributed by atoms with van der Waals surface area (Å²) in [6.07, 6.45) is -4.64. The van der Waals surface area contributed by atoms with Crippen LogP contribution in [0.1, 0.15) is 50.0 Å². The number of aryl methyl sites for hydroxylation is 1. The summed E-state index contributed by atoms with van der Waals surface area (Å²) in [5, 5.41) is 2.28. The Morgan fingerprint density at radius 2 is 1.83 bits per heavy atom. The molecule has 0 spiro atoms. The molecule has 0 saturated carbocycles. The van der Waals surface area contributed by atoms with Crippen molar-refractivity contribution in [1.29, 1.82) is 0 Å². The van der Waals surface area contributed by atoms with Crippen LogP contribution >= 0.6 is 0 Å². The van der Waals surface area contributed by atoms with E-state index < -0.39 is 29.6 Å². The van der Waals surface area contributed by atoms with Crippen LogP contribution < -0.4 is 5.32 Å². The summed E-state index contributed by atoms with van der Waals surface area (Å²) in [6.45, 7) is 7.80. The van der Waals surface area contributed by atoms with Crippen molar-refractivity contribution in [2.75, 3.05) is 5.32 Å². The fourth-order valence-corrected chi connectivity index (χ4v) is 1.93. The third-order valence-corrected chi connectivity index (χ3v) is 3.07. The zero-order valence-corrected chi connectivity index (χ0v) is 13.8. The van der Waals surface area contributed by atoms with Crippen LogP contribution in [0, 0.1) is 12.7 Å². The zero-order valence-electron chi connectivity index (χ0n) is 13.8. The third kappa shape index (κ3) is 5.41. The number of esters is 1. The molecule has 0 aliphatic rings. The quantitative estimate of drug-likeness (QED) is 0.632. The van der Waals surface area contributed by atoms with Crippen molar-refractivity contribution in [3.63, 3.8) is 0 Å². The molecule has 0 bridgehead atoms. The molecule has 3 nitrogen and oxygen atoms in total. The van der Waals surface area contributed by atoms with Crippen molar-refractivity contribution < 1.29 is 27.1 Å². The molecular weight excluding hydrogens is 314 g/mol. The fourth-order valence-electron chi connectivity index (χ4n) is 1.93. The minimum Gasteiger partial charge on any atom is -0.456 e. The van der Waals surface area contributed by atoms with E-state index in [0.29, 0.717) is 5.56 Å². The van der Waals surface area contributed by atoms with E-state index in [1.165, 1.54) is 19.9 Å². The molecule has 0 aliphatic carbocycles. The van der Waals surface area contributed by atoms with E-state index in [2.05, 4.69) is 5.32 Å². The van der Waals surface area contributed by atoms with Crippen molar-refractivity contribution >= 4 is 11.7 Å². The van der Waals surface area contributed by atoms with Crippen LogP contribution in [0.3, 0.4) is 0 Å². The number of hydrogen-bond acceptors (Lipinski definition) is 3. The molecule has 0 unspecified atom stereocenters. The van der Waals surface area contributed by atoms with Crippen molar-refractivity contribution in [2.45, 2.75) is 58.9 Å². The lowest BCUT2D eigenvalue weighted by Crippen LogP contribution is -2.35. The van der Waals surface area contributed by atoms with Gasteiger partial charge in [-0.15, -0.1) is 0 Å². The molecule has 1 N–H and O–H groups in total. The highest BCUT2D eigenvalue weighted by molar-refractivity contribution is 5.91. The molecule has 1 atom stereocenters. The van der Waals surface area contributed by atoms with Gasteiger partial charge >= 0.3 is 12.1 Å². The number of halogens is 4.